The van der Waals surface area contributed by atoms with Gasteiger partial charge in [0.05, 0.1) is 16.7 Å². The van der Waals surface area contributed by atoms with Crippen molar-refractivity contribution in [2.75, 3.05) is 5.32 Å². The van der Waals surface area contributed by atoms with Gasteiger partial charge in [0.1, 0.15) is 17.0 Å². The fourth-order valence-electron chi connectivity index (χ4n) is 1.30. The van der Waals surface area contributed by atoms with Gasteiger partial charge < -0.3 is 9.84 Å². The van der Waals surface area contributed by atoms with E-state index in [1.54, 1.807) is 0 Å². The Kier molecular flexibility index (Phi) is 3.24. The molecule has 0 bridgehead atoms. The molecule has 0 fully saturated rings. The van der Waals surface area contributed by atoms with E-state index >= 15 is 0 Å². The van der Waals surface area contributed by atoms with Crippen LogP contribution >= 0.6 is 11.6 Å². The van der Waals surface area contributed by atoms with Gasteiger partial charge in [-0.1, -0.05) is 22.8 Å². The predicted octanol–water partition coefficient (Wildman–Crippen LogP) is 2.49. The molecule has 1 N–H and O–H groups in total. The third-order valence-electron chi connectivity index (χ3n) is 2.11. The first-order chi connectivity index (χ1) is 8.59. The Bertz CT molecular complexity index is 597. The average Bonchev–Trinajstić information content (AvgIpc) is 2.81. The van der Waals surface area contributed by atoms with Crippen LogP contribution in [0.25, 0.3) is 0 Å². The molecule has 8 heteroatoms. The number of nitro benzene ring substituents is 1. The summed E-state index contributed by atoms with van der Waals surface area (Å²) >= 11 is 5.80. The topological polar surface area (TPSA) is 98.3 Å². The molecule has 1 aromatic carbocycles. The Hall–Kier alpha value is -2.41. The number of hydrogen-bond acceptors (Lipinski definition) is 5. The van der Waals surface area contributed by atoms with Crippen LogP contribution in [-0.4, -0.2) is 16.0 Å². The fraction of sp³-hybridized carbons (Fsp3) is 0. The fourth-order valence-corrected chi connectivity index (χ4v) is 1.58. The summed E-state index contributed by atoms with van der Waals surface area (Å²) in [5, 5.41) is 16.3. The number of nitrogens with one attached hydrogen (secondary N) is 1. The molecule has 1 amide bonds. The quantitative estimate of drug-likeness (QED) is 0.680. The van der Waals surface area contributed by atoms with Crippen LogP contribution in [0.15, 0.2) is 35.2 Å². The van der Waals surface area contributed by atoms with Gasteiger partial charge in [0, 0.05) is 6.07 Å². The van der Waals surface area contributed by atoms with Crippen molar-refractivity contribution >= 4 is 28.9 Å². The highest BCUT2D eigenvalue weighted by atomic mass is 35.5. The smallest absolute Gasteiger partial charge is 0.288 e. The first-order valence-electron chi connectivity index (χ1n) is 4.73. The highest BCUT2D eigenvalue weighted by Crippen LogP contribution is 2.28. The lowest BCUT2D eigenvalue weighted by Crippen LogP contribution is -2.12. The number of carbonyl (C=O) groups is 1. The summed E-state index contributed by atoms with van der Waals surface area (Å²) in [6.07, 6.45) is 2.52. The van der Waals surface area contributed by atoms with Crippen LogP contribution in [0.1, 0.15) is 10.4 Å². The Morgan fingerprint density at radius 3 is 2.89 bits per heavy atom. The second-order valence-electron chi connectivity index (χ2n) is 3.26. The molecule has 0 aliphatic heterocycles. The van der Waals surface area contributed by atoms with Crippen LogP contribution in [0, 0.1) is 10.1 Å². The number of nitrogens with zero attached hydrogens (tertiary/aromatic N) is 2. The van der Waals surface area contributed by atoms with E-state index in [-0.39, 0.29) is 16.3 Å². The Morgan fingerprint density at radius 1 is 1.50 bits per heavy atom. The number of hydrogen-bond donors (Lipinski definition) is 1. The van der Waals surface area contributed by atoms with E-state index in [1.807, 2.05) is 0 Å². The summed E-state index contributed by atoms with van der Waals surface area (Å²) in [4.78, 5) is 21.8. The van der Waals surface area contributed by atoms with Crippen LogP contribution in [0.3, 0.4) is 0 Å². The maximum Gasteiger partial charge on any atom is 0.288 e. The minimum absolute atomic E-state index is 0.00654. The van der Waals surface area contributed by atoms with Crippen molar-refractivity contribution in [3.05, 3.63) is 51.4 Å². The highest BCUT2D eigenvalue weighted by molar-refractivity contribution is 6.36. The molecular formula is C10H6ClN3O4. The second kappa shape index (κ2) is 4.84. The van der Waals surface area contributed by atoms with Crippen LogP contribution in [-0.2, 0) is 0 Å². The lowest BCUT2D eigenvalue weighted by Gasteiger charge is -2.04. The minimum Gasteiger partial charge on any atom is -0.363 e. The molecular weight excluding hydrogens is 262 g/mol. The molecule has 1 aromatic heterocycles. The number of benzene rings is 1. The zero-order chi connectivity index (χ0) is 13.1. The lowest BCUT2D eigenvalue weighted by atomic mass is 10.2. The Labute approximate surface area is 105 Å². The third-order valence-corrected chi connectivity index (χ3v) is 2.51. The standard InChI is InChI=1S/C10H6ClN3O4/c11-9-7(2-1-3-8(9)14(16)17)10(15)13-6-4-12-18-5-6/h1-5H,(H,13,15). The SMILES string of the molecule is O=C(Nc1cnoc1)c1cccc([N+](=O)[O-])c1Cl. The van der Waals surface area contributed by atoms with Crippen LogP contribution in [0.4, 0.5) is 11.4 Å². The van der Waals surface area contributed by atoms with E-state index < -0.39 is 10.8 Å². The van der Waals surface area contributed by atoms with E-state index in [4.69, 9.17) is 11.6 Å². The summed E-state index contributed by atoms with van der Waals surface area (Å²) in [5.41, 5.74) is 0.0178. The van der Waals surface area contributed by atoms with Gasteiger partial charge in [-0.3, -0.25) is 14.9 Å². The number of aromatic nitrogens is 1. The molecule has 0 saturated heterocycles. The summed E-state index contributed by atoms with van der Waals surface area (Å²) in [5.74, 6) is -0.577. The van der Waals surface area contributed by atoms with E-state index in [9.17, 15) is 14.9 Å². The monoisotopic (exact) mass is 267 g/mol. The molecule has 1 heterocycles. The van der Waals surface area contributed by atoms with Gasteiger partial charge in [-0.25, -0.2) is 0 Å². The van der Waals surface area contributed by atoms with E-state index in [2.05, 4.69) is 15.0 Å². The Balaban J connectivity index is 2.31. The molecule has 0 atom stereocenters. The summed E-state index contributed by atoms with van der Waals surface area (Å²) in [6.45, 7) is 0. The Morgan fingerprint density at radius 2 is 2.28 bits per heavy atom. The zero-order valence-electron chi connectivity index (χ0n) is 8.79. The van der Waals surface area contributed by atoms with Gasteiger partial charge in [-0.05, 0) is 6.07 Å². The molecule has 7 nitrogen and oxygen atoms in total. The maximum atomic E-state index is 11.8. The molecule has 0 saturated carbocycles. The van der Waals surface area contributed by atoms with Gasteiger partial charge in [0.2, 0.25) is 0 Å². The number of anilines is 1. The summed E-state index contributed by atoms with van der Waals surface area (Å²) in [7, 11) is 0. The largest absolute Gasteiger partial charge is 0.363 e. The number of carbonyl (C=O) groups excluding carboxylic acids is 1. The molecule has 92 valence electrons. The molecule has 0 spiro atoms. The van der Waals surface area contributed by atoms with Crippen LogP contribution < -0.4 is 5.32 Å². The number of nitro groups is 1. The molecule has 2 rings (SSSR count). The van der Waals surface area contributed by atoms with Gasteiger partial charge in [-0.15, -0.1) is 0 Å². The number of rotatable bonds is 3. The van der Waals surface area contributed by atoms with Crippen molar-refractivity contribution in [3.63, 3.8) is 0 Å². The minimum atomic E-state index is -0.654. The zero-order valence-corrected chi connectivity index (χ0v) is 9.55. The maximum absolute atomic E-state index is 11.8. The number of amides is 1. The van der Waals surface area contributed by atoms with Gasteiger partial charge in [-0.2, -0.15) is 0 Å². The lowest BCUT2D eigenvalue weighted by molar-refractivity contribution is -0.384. The predicted molar refractivity (Wildman–Crippen MR) is 62.6 cm³/mol. The third kappa shape index (κ3) is 2.30. The van der Waals surface area contributed by atoms with Gasteiger partial charge >= 0.3 is 0 Å². The van der Waals surface area contributed by atoms with Gasteiger partial charge in [0.15, 0.2) is 0 Å². The van der Waals surface area contributed by atoms with Crippen molar-refractivity contribution < 1.29 is 14.2 Å². The van der Waals surface area contributed by atoms with E-state index in [0.717, 1.165) is 0 Å². The molecule has 18 heavy (non-hydrogen) atoms. The summed E-state index contributed by atoms with van der Waals surface area (Å²) in [6, 6.07) is 3.99. The van der Waals surface area contributed by atoms with Crippen molar-refractivity contribution in [3.8, 4) is 0 Å². The number of halogens is 1. The van der Waals surface area contributed by atoms with Crippen molar-refractivity contribution in [2.45, 2.75) is 0 Å². The van der Waals surface area contributed by atoms with Crippen molar-refractivity contribution in [2.24, 2.45) is 0 Å². The molecule has 2 aromatic rings. The van der Waals surface area contributed by atoms with Crippen molar-refractivity contribution in [1.82, 2.24) is 5.16 Å². The van der Waals surface area contributed by atoms with Gasteiger partial charge in [0.25, 0.3) is 11.6 Å². The first kappa shape index (κ1) is 12.1. The average molecular weight is 268 g/mol. The van der Waals surface area contributed by atoms with Crippen LogP contribution in [0.2, 0.25) is 5.02 Å². The molecule has 0 radical (unpaired) electrons. The summed E-state index contributed by atoms with van der Waals surface area (Å²) < 4.78 is 4.54. The van der Waals surface area contributed by atoms with E-state index in [1.165, 1.54) is 30.7 Å². The van der Waals surface area contributed by atoms with E-state index in [0.29, 0.717) is 5.69 Å². The van der Waals surface area contributed by atoms with Crippen molar-refractivity contribution in [1.29, 1.82) is 0 Å². The normalized spacial score (nSPS) is 10.1. The highest BCUT2D eigenvalue weighted by Gasteiger charge is 2.20. The molecule has 0 unspecified atom stereocenters. The second-order valence-corrected chi connectivity index (χ2v) is 3.64. The first-order valence-corrected chi connectivity index (χ1v) is 5.11. The van der Waals surface area contributed by atoms with Crippen LogP contribution in [0.5, 0.6) is 0 Å². The molecule has 0 aliphatic carbocycles. The molecule has 0 aliphatic rings.